The van der Waals surface area contributed by atoms with Gasteiger partial charge in [0, 0.05) is 29.4 Å². The molecule has 8 heteroatoms. The Morgan fingerprint density at radius 3 is 2.33 bits per heavy atom. The average Bonchev–Trinajstić information content (AvgIpc) is 3.42. The van der Waals surface area contributed by atoms with Crippen molar-refractivity contribution in [3.05, 3.63) is 70.0 Å². The molecule has 2 aromatic carbocycles. The Morgan fingerprint density at radius 2 is 1.67 bits per heavy atom. The van der Waals surface area contributed by atoms with E-state index in [1.807, 2.05) is 55.8 Å². The number of hydrogen-bond donors (Lipinski definition) is 2. The van der Waals surface area contributed by atoms with E-state index in [1.165, 1.54) is 0 Å². The molecular formula is C25H28ClN5O2. The Balaban J connectivity index is 1.49. The molecule has 2 heterocycles. The smallest absolute Gasteiger partial charge is 0.321 e. The number of nitrogens with zero attached hydrogens (tertiary/aromatic N) is 3. The number of amides is 3. The van der Waals surface area contributed by atoms with Crippen molar-refractivity contribution in [2.45, 2.75) is 40.0 Å². The molecule has 0 spiro atoms. The lowest BCUT2D eigenvalue weighted by atomic mass is 10.1. The number of nitrogens with one attached hydrogen (secondary N) is 2. The fraction of sp³-hybridized carbons (Fsp3) is 0.320. The third kappa shape index (κ3) is 5.03. The molecule has 0 saturated carbocycles. The summed E-state index contributed by atoms with van der Waals surface area (Å²) in [7, 11) is 0. The maximum absolute atomic E-state index is 12.9. The fourth-order valence-corrected chi connectivity index (χ4v) is 4.24. The number of urea groups is 1. The highest BCUT2D eigenvalue weighted by Crippen LogP contribution is 2.25. The minimum Gasteiger partial charge on any atom is -0.325 e. The van der Waals surface area contributed by atoms with Crippen molar-refractivity contribution in [1.82, 2.24) is 14.7 Å². The predicted octanol–water partition coefficient (Wildman–Crippen LogP) is 5.26. The van der Waals surface area contributed by atoms with E-state index in [0.717, 1.165) is 54.1 Å². The van der Waals surface area contributed by atoms with Crippen LogP contribution in [0.1, 0.15) is 35.4 Å². The van der Waals surface area contributed by atoms with E-state index in [-0.39, 0.29) is 18.4 Å². The molecule has 1 aliphatic heterocycles. The zero-order chi connectivity index (χ0) is 23.5. The van der Waals surface area contributed by atoms with Crippen molar-refractivity contribution < 1.29 is 9.59 Å². The number of anilines is 2. The van der Waals surface area contributed by atoms with E-state index in [4.69, 9.17) is 11.6 Å². The summed E-state index contributed by atoms with van der Waals surface area (Å²) in [6, 6.07) is 12.9. The number of carbonyl (C=O) groups is 2. The standard InChI is InChI=1S/C25H28ClN5O2/c1-16-10-11-19(14-21(16)26)31-18(3)20(17(2)29-31)15-24(32)27-22-8-4-5-9-23(22)28-25(33)30-12-6-7-13-30/h4-5,8-11,14H,6-7,12-13,15H2,1-3H3,(H,27,32)(H,28,33). The highest BCUT2D eigenvalue weighted by atomic mass is 35.5. The summed E-state index contributed by atoms with van der Waals surface area (Å²) in [6.07, 6.45) is 2.21. The van der Waals surface area contributed by atoms with Gasteiger partial charge in [0.25, 0.3) is 0 Å². The van der Waals surface area contributed by atoms with Gasteiger partial charge < -0.3 is 15.5 Å². The Bertz CT molecular complexity index is 1200. The maximum Gasteiger partial charge on any atom is 0.321 e. The zero-order valence-electron chi connectivity index (χ0n) is 19.1. The number of rotatable bonds is 5. The van der Waals surface area contributed by atoms with Crippen LogP contribution in [-0.4, -0.2) is 39.7 Å². The first kappa shape index (κ1) is 22.9. The van der Waals surface area contributed by atoms with Gasteiger partial charge in [-0.3, -0.25) is 4.79 Å². The second kappa shape index (κ2) is 9.67. The SMILES string of the molecule is Cc1ccc(-n2nc(C)c(CC(=O)Nc3ccccc3NC(=O)N3CCCC3)c2C)cc1Cl. The normalized spacial score (nSPS) is 13.3. The van der Waals surface area contributed by atoms with Crippen molar-refractivity contribution in [2.75, 3.05) is 23.7 Å². The number of likely N-dealkylation sites (tertiary alicyclic amines) is 1. The molecule has 33 heavy (non-hydrogen) atoms. The quantitative estimate of drug-likeness (QED) is 0.539. The number of carbonyl (C=O) groups excluding carboxylic acids is 2. The molecule has 0 atom stereocenters. The van der Waals surface area contributed by atoms with E-state index in [1.54, 1.807) is 17.0 Å². The Hall–Kier alpha value is -3.32. The topological polar surface area (TPSA) is 79.3 Å². The van der Waals surface area contributed by atoms with Crippen LogP contribution in [0, 0.1) is 20.8 Å². The molecule has 7 nitrogen and oxygen atoms in total. The molecule has 172 valence electrons. The van der Waals surface area contributed by atoms with Crippen LogP contribution in [0.15, 0.2) is 42.5 Å². The Labute approximate surface area is 198 Å². The van der Waals surface area contributed by atoms with Crippen molar-refractivity contribution >= 4 is 34.9 Å². The molecule has 3 aromatic rings. The van der Waals surface area contributed by atoms with Gasteiger partial charge in [-0.2, -0.15) is 5.10 Å². The number of benzene rings is 2. The molecule has 1 fully saturated rings. The van der Waals surface area contributed by atoms with Crippen LogP contribution >= 0.6 is 11.6 Å². The molecule has 3 amide bonds. The number of aryl methyl sites for hydroxylation is 2. The van der Waals surface area contributed by atoms with Crippen molar-refractivity contribution in [3.63, 3.8) is 0 Å². The second-order valence-corrected chi connectivity index (χ2v) is 8.80. The molecule has 0 unspecified atom stereocenters. The zero-order valence-corrected chi connectivity index (χ0v) is 19.9. The van der Waals surface area contributed by atoms with Gasteiger partial charge in [0.15, 0.2) is 0 Å². The Kier molecular flexibility index (Phi) is 6.70. The van der Waals surface area contributed by atoms with Gasteiger partial charge in [0.05, 0.1) is 29.2 Å². The summed E-state index contributed by atoms with van der Waals surface area (Å²) in [6.45, 7) is 7.31. The summed E-state index contributed by atoms with van der Waals surface area (Å²) in [5.41, 5.74) is 5.55. The van der Waals surface area contributed by atoms with Gasteiger partial charge in [-0.1, -0.05) is 29.8 Å². The highest BCUT2D eigenvalue weighted by Gasteiger charge is 2.20. The van der Waals surface area contributed by atoms with Gasteiger partial charge in [-0.15, -0.1) is 0 Å². The van der Waals surface area contributed by atoms with Crippen LogP contribution in [0.2, 0.25) is 5.02 Å². The molecule has 1 aromatic heterocycles. The van der Waals surface area contributed by atoms with Crippen LogP contribution in [0.4, 0.5) is 16.2 Å². The summed E-state index contributed by atoms with van der Waals surface area (Å²) in [4.78, 5) is 27.2. The van der Waals surface area contributed by atoms with Crippen molar-refractivity contribution in [3.8, 4) is 5.69 Å². The van der Waals surface area contributed by atoms with Crippen LogP contribution in [-0.2, 0) is 11.2 Å². The minimum absolute atomic E-state index is 0.140. The van der Waals surface area contributed by atoms with Crippen LogP contribution in [0.3, 0.4) is 0 Å². The molecule has 0 radical (unpaired) electrons. The first-order valence-corrected chi connectivity index (χ1v) is 11.5. The maximum atomic E-state index is 12.9. The number of hydrogen-bond acceptors (Lipinski definition) is 3. The largest absolute Gasteiger partial charge is 0.325 e. The first-order valence-electron chi connectivity index (χ1n) is 11.1. The summed E-state index contributed by atoms with van der Waals surface area (Å²) < 4.78 is 1.81. The Morgan fingerprint density at radius 1 is 1.00 bits per heavy atom. The van der Waals surface area contributed by atoms with Gasteiger partial charge in [-0.05, 0) is 63.4 Å². The lowest BCUT2D eigenvalue weighted by Gasteiger charge is -2.18. The number of para-hydroxylation sites is 2. The van der Waals surface area contributed by atoms with E-state index < -0.39 is 0 Å². The van der Waals surface area contributed by atoms with Crippen molar-refractivity contribution in [1.29, 1.82) is 0 Å². The summed E-state index contributed by atoms with van der Waals surface area (Å²) in [5, 5.41) is 11.2. The molecule has 1 saturated heterocycles. The van der Waals surface area contributed by atoms with E-state index in [2.05, 4.69) is 15.7 Å². The van der Waals surface area contributed by atoms with E-state index >= 15 is 0 Å². The van der Waals surface area contributed by atoms with Gasteiger partial charge in [0.1, 0.15) is 0 Å². The van der Waals surface area contributed by atoms with Gasteiger partial charge in [0.2, 0.25) is 5.91 Å². The summed E-state index contributed by atoms with van der Waals surface area (Å²) >= 11 is 6.29. The third-order valence-corrected chi connectivity index (χ3v) is 6.42. The monoisotopic (exact) mass is 465 g/mol. The molecule has 0 aliphatic carbocycles. The molecule has 4 rings (SSSR count). The minimum atomic E-state index is -0.175. The van der Waals surface area contributed by atoms with Crippen LogP contribution in [0.5, 0.6) is 0 Å². The first-order chi connectivity index (χ1) is 15.8. The van der Waals surface area contributed by atoms with Crippen LogP contribution < -0.4 is 10.6 Å². The fourth-order valence-electron chi connectivity index (χ4n) is 4.07. The molecular weight excluding hydrogens is 438 g/mol. The molecule has 0 bridgehead atoms. The molecule has 2 N–H and O–H groups in total. The average molecular weight is 466 g/mol. The highest BCUT2D eigenvalue weighted by molar-refractivity contribution is 6.31. The van der Waals surface area contributed by atoms with Crippen LogP contribution in [0.25, 0.3) is 5.69 Å². The second-order valence-electron chi connectivity index (χ2n) is 8.39. The third-order valence-electron chi connectivity index (χ3n) is 6.01. The lowest BCUT2D eigenvalue weighted by Crippen LogP contribution is -2.32. The van der Waals surface area contributed by atoms with Crippen molar-refractivity contribution in [2.24, 2.45) is 0 Å². The number of aromatic nitrogens is 2. The summed E-state index contributed by atoms with van der Waals surface area (Å²) in [5.74, 6) is -0.175. The molecule has 1 aliphatic rings. The lowest BCUT2D eigenvalue weighted by molar-refractivity contribution is -0.115. The van der Waals surface area contributed by atoms with Gasteiger partial charge >= 0.3 is 6.03 Å². The van der Waals surface area contributed by atoms with E-state index in [9.17, 15) is 9.59 Å². The van der Waals surface area contributed by atoms with E-state index in [0.29, 0.717) is 16.4 Å². The number of halogens is 1. The van der Waals surface area contributed by atoms with Gasteiger partial charge in [-0.25, -0.2) is 9.48 Å². The predicted molar refractivity (Wildman–Crippen MR) is 131 cm³/mol.